The first-order chi connectivity index (χ1) is 13.5. The second kappa shape index (κ2) is 8.54. The number of aliphatic hydroxyl groups excluding tert-OH is 1. The van der Waals surface area contributed by atoms with Gasteiger partial charge in [0.2, 0.25) is 0 Å². The SMILES string of the molecule is COCCCN1C(=O)C(=O)/C(=C(/O)c2ccc(Cl)cc2)[C@@H]1c1ccccc1F. The van der Waals surface area contributed by atoms with Crippen molar-refractivity contribution in [3.63, 3.8) is 0 Å². The van der Waals surface area contributed by atoms with Gasteiger partial charge < -0.3 is 14.7 Å². The molecular formula is C21H19ClFNO4. The molecule has 1 amide bonds. The minimum atomic E-state index is -1.02. The number of aliphatic hydroxyl groups is 1. The van der Waals surface area contributed by atoms with Crippen LogP contribution in [0.15, 0.2) is 54.1 Å². The summed E-state index contributed by atoms with van der Waals surface area (Å²) in [7, 11) is 1.53. The van der Waals surface area contributed by atoms with Crippen molar-refractivity contribution < 1.29 is 23.8 Å². The lowest BCUT2D eigenvalue weighted by molar-refractivity contribution is -0.140. The summed E-state index contributed by atoms with van der Waals surface area (Å²) in [5.74, 6) is -2.55. The van der Waals surface area contributed by atoms with Gasteiger partial charge in [-0.15, -0.1) is 0 Å². The van der Waals surface area contributed by atoms with Gasteiger partial charge in [-0.25, -0.2) is 4.39 Å². The highest BCUT2D eigenvalue weighted by Crippen LogP contribution is 2.40. The number of ketones is 1. The standard InChI is InChI=1S/C21H19ClFNO4/c1-28-12-4-11-24-18(15-5-2-3-6-16(15)23)17(20(26)21(24)27)19(25)13-7-9-14(22)10-8-13/h2-3,5-10,18,25H,4,11-12H2,1H3/b19-17+/t18-/m0/s1. The van der Waals surface area contributed by atoms with Crippen LogP contribution in [0.2, 0.25) is 5.02 Å². The number of methoxy groups -OCH3 is 1. The Morgan fingerprint density at radius 1 is 1.18 bits per heavy atom. The van der Waals surface area contributed by atoms with E-state index in [2.05, 4.69) is 0 Å². The minimum absolute atomic E-state index is 0.144. The topological polar surface area (TPSA) is 66.8 Å². The monoisotopic (exact) mass is 403 g/mol. The van der Waals surface area contributed by atoms with E-state index in [4.69, 9.17) is 16.3 Å². The fraction of sp³-hybridized carbons (Fsp3) is 0.238. The Balaban J connectivity index is 2.14. The summed E-state index contributed by atoms with van der Waals surface area (Å²) in [4.78, 5) is 26.7. The van der Waals surface area contributed by atoms with Crippen LogP contribution in [0.4, 0.5) is 4.39 Å². The van der Waals surface area contributed by atoms with Crippen LogP contribution in [0, 0.1) is 5.82 Å². The Morgan fingerprint density at radius 3 is 2.50 bits per heavy atom. The lowest BCUT2D eigenvalue weighted by Crippen LogP contribution is -2.31. The van der Waals surface area contributed by atoms with E-state index in [9.17, 15) is 19.1 Å². The first kappa shape index (κ1) is 20.0. The number of carbonyl (C=O) groups excluding carboxylic acids is 2. The average Bonchev–Trinajstić information content (AvgIpc) is 2.93. The molecule has 5 nitrogen and oxygen atoms in total. The Bertz CT molecular complexity index is 926. The molecule has 1 atom stereocenters. The highest BCUT2D eigenvalue weighted by molar-refractivity contribution is 6.46. The normalized spacial score (nSPS) is 18.7. The summed E-state index contributed by atoms with van der Waals surface area (Å²) in [5.41, 5.74) is 0.324. The smallest absolute Gasteiger partial charge is 0.295 e. The number of amides is 1. The van der Waals surface area contributed by atoms with E-state index in [1.807, 2.05) is 0 Å². The molecule has 0 saturated carbocycles. The van der Waals surface area contributed by atoms with Crippen molar-refractivity contribution in [2.45, 2.75) is 12.5 Å². The van der Waals surface area contributed by atoms with E-state index in [0.29, 0.717) is 23.6 Å². The third-order valence-electron chi connectivity index (χ3n) is 4.60. The number of halogens is 2. The van der Waals surface area contributed by atoms with Crippen LogP contribution < -0.4 is 0 Å². The molecule has 1 saturated heterocycles. The van der Waals surface area contributed by atoms with Crippen molar-refractivity contribution in [2.75, 3.05) is 20.3 Å². The van der Waals surface area contributed by atoms with E-state index in [1.54, 1.807) is 18.2 Å². The van der Waals surface area contributed by atoms with Crippen molar-refractivity contribution in [1.82, 2.24) is 4.90 Å². The maximum absolute atomic E-state index is 14.6. The molecule has 1 N–H and O–H groups in total. The number of carbonyl (C=O) groups is 2. The Kier molecular flexibility index (Phi) is 6.11. The Hall–Kier alpha value is -2.70. The number of benzene rings is 2. The second-order valence-electron chi connectivity index (χ2n) is 6.37. The fourth-order valence-corrected chi connectivity index (χ4v) is 3.40. The molecule has 146 valence electrons. The van der Waals surface area contributed by atoms with Gasteiger partial charge in [0.15, 0.2) is 0 Å². The van der Waals surface area contributed by atoms with Gasteiger partial charge in [-0.1, -0.05) is 29.8 Å². The molecule has 1 fully saturated rings. The molecule has 0 aromatic heterocycles. The van der Waals surface area contributed by atoms with Crippen molar-refractivity contribution in [2.24, 2.45) is 0 Å². The number of Topliss-reactive ketones (excluding diaryl/α,β-unsaturated/α-hetero) is 1. The van der Waals surface area contributed by atoms with Crippen molar-refractivity contribution in [1.29, 1.82) is 0 Å². The zero-order chi connectivity index (χ0) is 20.3. The molecule has 1 aliphatic rings. The zero-order valence-electron chi connectivity index (χ0n) is 15.2. The van der Waals surface area contributed by atoms with Gasteiger partial charge in [0.05, 0.1) is 11.6 Å². The molecule has 1 heterocycles. The summed E-state index contributed by atoms with van der Waals surface area (Å²) in [5, 5.41) is 11.3. The molecule has 3 rings (SSSR count). The van der Waals surface area contributed by atoms with Crippen LogP contribution in [-0.4, -0.2) is 42.0 Å². The number of hydrogen-bond acceptors (Lipinski definition) is 4. The van der Waals surface area contributed by atoms with E-state index >= 15 is 0 Å². The van der Waals surface area contributed by atoms with Crippen molar-refractivity contribution in [3.05, 3.63) is 76.1 Å². The number of ether oxygens (including phenoxy) is 1. The highest BCUT2D eigenvalue weighted by Gasteiger charge is 2.46. The lowest BCUT2D eigenvalue weighted by Gasteiger charge is -2.25. The second-order valence-corrected chi connectivity index (χ2v) is 6.80. The molecule has 0 aliphatic carbocycles. The summed E-state index contributed by atoms with van der Waals surface area (Å²) in [6.45, 7) is 0.568. The Labute approximate surface area is 167 Å². The molecule has 0 radical (unpaired) electrons. The van der Waals surface area contributed by atoms with Gasteiger partial charge in [0.1, 0.15) is 11.6 Å². The summed E-state index contributed by atoms with van der Waals surface area (Å²) < 4.78 is 19.6. The van der Waals surface area contributed by atoms with Gasteiger partial charge >= 0.3 is 0 Å². The van der Waals surface area contributed by atoms with Gasteiger partial charge in [0, 0.05) is 36.4 Å². The molecule has 7 heteroatoms. The molecule has 0 unspecified atom stereocenters. The van der Waals surface area contributed by atoms with Crippen molar-refractivity contribution in [3.8, 4) is 0 Å². The molecule has 0 bridgehead atoms. The average molecular weight is 404 g/mol. The molecule has 0 spiro atoms. The van der Waals surface area contributed by atoms with E-state index in [1.165, 1.54) is 42.3 Å². The fourth-order valence-electron chi connectivity index (χ4n) is 3.27. The van der Waals surface area contributed by atoms with Crippen LogP contribution in [0.3, 0.4) is 0 Å². The largest absolute Gasteiger partial charge is 0.507 e. The quantitative estimate of drug-likeness (QED) is 0.343. The van der Waals surface area contributed by atoms with Crippen LogP contribution in [0.25, 0.3) is 5.76 Å². The van der Waals surface area contributed by atoms with E-state index < -0.39 is 23.5 Å². The van der Waals surface area contributed by atoms with E-state index in [0.717, 1.165) is 0 Å². The van der Waals surface area contributed by atoms with Crippen LogP contribution in [0.5, 0.6) is 0 Å². The van der Waals surface area contributed by atoms with Crippen LogP contribution in [-0.2, 0) is 14.3 Å². The number of hydrogen-bond donors (Lipinski definition) is 1. The maximum Gasteiger partial charge on any atom is 0.295 e. The lowest BCUT2D eigenvalue weighted by atomic mass is 9.95. The molecular weight excluding hydrogens is 385 g/mol. The van der Waals surface area contributed by atoms with Gasteiger partial charge in [-0.3, -0.25) is 9.59 Å². The predicted molar refractivity (Wildman–Crippen MR) is 103 cm³/mol. The zero-order valence-corrected chi connectivity index (χ0v) is 15.9. The third kappa shape index (κ3) is 3.79. The number of nitrogens with zero attached hydrogens (tertiary/aromatic N) is 1. The molecule has 2 aromatic rings. The number of rotatable bonds is 6. The Morgan fingerprint density at radius 2 is 1.86 bits per heavy atom. The first-order valence-corrected chi connectivity index (χ1v) is 9.11. The third-order valence-corrected chi connectivity index (χ3v) is 4.86. The highest BCUT2D eigenvalue weighted by atomic mass is 35.5. The predicted octanol–water partition coefficient (Wildman–Crippen LogP) is 3.94. The molecule has 2 aromatic carbocycles. The molecule has 1 aliphatic heterocycles. The van der Waals surface area contributed by atoms with Crippen LogP contribution in [0.1, 0.15) is 23.6 Å². The maximum atomic E-state index is 14.6. The molecule has 28 heavy (non-hydrogen) atoms. The van der Waals surface area contributed by atoms with Gasteiger partial charge in [0.25, 0.3) is 11.7 Å². The van der Waals surface area contributed by atoms with Gasteiger partial charge in [-0.05, 0) is 36.8 Å². The van der Waals surface area contributed by atoms with Crippen LogP contribution >= 0.6 is 11.6 Å². The first-order valence-electron chi connectivity index (χ1n) is 8.73. The minimum Gasteiger partial charge on any atom is -0.507 e. The summed E-state index contributed by atoms with van der Waals surface area (Å²) in [6, 6.07) is 11.1. The van der Waals surface area contributed by atoms with Gasteiger partial charge in [-0.2, -0.15) is 0 Å². The van der Waals surface area contributed by atoms with E-state index in [-0.39, 0.29) is 23.4 Å². The summed E-state index contributed by atoms with van der Waals surface area (Å²) >= 11 is 5.88. The number of likely N-dealkylation sites (tertiary alicyclic amines) is 1. The summed E-state index contributed by atoms with van der Waals surface area (Å²) in [6.07, 6.45) is 0.468. The van der Waals surface area contributed by atoms with Crippen molar-refractivity contribution >= 4 is 29.1 Å².